The molecule has 0 saturated carbocycles. The van der Waals surface area contributed by atoms with Gasteiger partial charge in [-0.05, 0) is 24.7 Å². The summed E-state index contributed by atoms with van der Waals surface area (Å²) in [6.45, 7) is 3.88. The van der Waals surface area contributed by atoms with Crippen molar-refractivity contribution in [2.24, 2.45) is 5.41 Å². The van der Waals surface area contributed by atoms with E-state index in [2.05, 4.69) is 9.88 Å². The summed E-state index contributed by atoms with van der Waals surface area (Å²) in [4.78, 5) is 6.35. The van der Waals surface area contributed by atoms with E-state index in [1.165, 1.54) is 6.42 Å². The predicted octanol–water partition coefficient (Wildman–Crippen LogP) is 2.75. The Bertz CT molecular complexity index is 450. The van der Waals surface area contributed by atoms with Crippen LogP contribution in [0.4, 0.5) is 11.5 Å². The van der Waals surface area contributed by atoms with Crippen LogP contribution < -0.4 is 10.6 Å². The molecule has 3 heterocycles. The van der Waals surface area contributed by atoms with E-state index in [1.807, 2.05) is 6.07 Å². The summed E-state index contributed by atoms with van der Waals surface area (Å²) in [7, 11) is 0. The van der Waals surface area contributed by atoms with E-state index in [0.29, 0.717) is 16.3 Å². The van der Waals surface area contributed by atoms with Crippen molar-refractivity contribution < 1.29 is 4.74 Å². The van der Waals surface area contributed by atoms with Crippen molar-refractivity contribution in [3.63, 3.8) is 0 Å². The summed E-state index contributed by atoms with van der Waals surface area (Å²) in [5.74, 6) is 0.530. The highest BCUT2D eigenvalue weighted by molar-refractivity contribution is 6.33. The van der Waals surface area contributed by atoms with Gasteiger partial charge in [0.1, 0.15) is 5.82 Å². The molecular weight excluding hydrogens is 285 g/mol. The number of hydrogen-bond acceptors (Lipinski definition) is 4. The second-order valence-electron chi connectivity index (χ2n) is 5.34. The molecule has 2 aliphatic heterocycles. The third-order valence-corrected chi connectivity index (χ3v) is 4.48. The molecule has 2 saturated heterocycles. The number of anilines is 2. The molecule has 2 N–H and O–H groups in total. The number of ether oxygens (including phenoxy) is 1. The molecule has 0 radical (unpaired) electrons. The smallest absolute Gasteiger partial charge is 0.125 e. The first-order valence-corrected chi connectivity index (χ1v) is 6.80. The molecule has 2 aliphatic rings. The molecule has 3 rings (SSSR count). The van der Waals surface area contributed by atoms with Crippen LogP contribution in [-0.4, -0.2) is 31.3 Å². The number of nitrogens with two attached hydrogens (primary N) is 1. The summed E-state index contributed by atoms with van der Waals surface area (Å²) in [6, 6.07) is 1.88. The summed E-state index contributed by atoms with van der Waals surface area (Å²) in [5.41, 5.74) is 7.19. The lowest BCUT2D eigenvalue weighted by molar-refractivity contribution is 0.0254. The van der Waals surface area contributed by atoms with Crippen LogP contribution >= 0.6 is 24.0 Å². The van der Waals surface area contributed by atoms with Crippen molar-refractivity contribution in [2.75, 3.05) is 36.9 Å². The first-order chi connectivity index (χ1) is 8.69. The van der Waals surface area contributed by atoms with Crippen LogP contribution in [0.2, 0.25) is 5.02 Å². The molecular formula is C13H19Cl2N3O. The van der Waals surface area contributed by atoms with E-state index in [9.17, 15) is 0 Å². The van der Waals surface area contributed by atoms with Crippen LogP contribution in [0.5, 0.6) is 0 Å². The fourth-order valence-electron chi connectivity index (χ4n) is 3.04. The maximum absolute atomic E-state index is 6.22. The summed E-state index contributed by atoms with van der Waals surface area (Å²) >= 11 is 6.22. The Morgan fingerprint density at radius 1 is 1.32 bits per heavy atom. The normalized spacial score (nSPS) is 21.4. The van der Waals surface area contributed by atoms with Crippen molar-refractivity contribution in [3.8, 4) is 0 Å². The van der Waals surface area contributed by atoms with Crippen molar-refractivity contribution in [2.45, 2.75) is 19.3 Å². The minimum Gasteiger partial charge on any atom is -0.384 e. The first kappa shape index (κ1) is 14.7. The monoisotopic (exact) mass is 303 g/mol. The van der Waals surface area contributed by atoms with Gasteiger partial charge in [0.15, 0.2) is 0 Å². The number of nitrogen functional groups attached to an aromatic ring is 1. The van der Waals surface area contributed by atoms with E-state index >= 15 is 0 Å². The highest BCUT2D eigenvalue weighted by Crippen LogP contribution is 2.42. The molecule has 1 aromatic heterocycles. The number of nitrogens with zero attached hydrogens (tertiary/aromatic N) is 2. The molecule has 6 heteroatoms. The van der Waals surface area contributed by atoms with Gasteiger partial charge in [0.05, 0.1) is 10.7 Å². The maximum Gasteiger partial charge on any atom is 0.125 e. The molecule has 106 valence electrons. The van der Waals surface area contributed by atoms with Gasteiger partial charge in [-0.1, -0.05) is 11.6 Å². The van der Waals surface area contributed by atoms with Crippen molar-refractivity contribution >= 4 is 35.5 Å². The Labute approximate surface area is 124 Å². The average Bonchev–Trinajstić information content (AvgIpc) is 2.77. The SMILES string of the molecule is Cl.Nc1cc(N2CCC3(CCOCC3)C2)c(Cl)cn1. The minimum absolute atomic E-state index is 0. The Morgan fingerprint density at radius 3 is 2.79 bits per heavy atom. The van der Waals surface area contributed by atoms with Crippen LogP contribution in [0.3, 0.4) is 0 Å². The molecule has 19 heavy (non-hydrogen) atoms. The maximum atomic E-state index is 6.22. The number of pyridine rings is 1. The molecule has 0 unspecified atom stereocenters. The fraction of sp³-hybridized carbons (Fsp3) is 0.615. The fourth-order valence-corrected chi connectivity index (χ4v) is 3.26. The zero-order chi connectivity index (χ0) is 12.6. The van der Waals surface area contributed by atoms with Gasteiger partial charge in [0.25, 0.3) is 0 Å². The average molecular weight is 304 g/mol. The van der Waals surface area contributed by atoms with E-state index in [-0.39, 0.29) is 12.4 Å². The van der Waals surface area contributed by atoms with Crippen LogP contribution in [-0.2, 0) is 4.74 Å². The van der Waals surface area contributed by atoms with Gasteiger partial charge >= 0.3 is 0 Å². The topological polar surface area (TPSA) is 51.4 Å². The Kier molecular flexibility index (Phi) is 4.43. The predicted molar refractivity (Wildman–Crippen MR) is 80.2 cm³/mol. The quantitative estimate of drug-likeness (QED) is 0.867. The summed E-state index contributed by atoms with van der Waals surface area (Å²) < 4.78 is 5.47. The molecule has 0 amide bonds. The lowest BCUT2D eigenvalue weighted by Gasteiger charge is -2.33. The van der Waals surface area contributed by atoms with Gasteiger partial charge in [0, 0.05) is 38.6 Å². The molecule has 0 aliphatic carbocycles. The van der Waals surface area contributed by atoms with Gasteiger partial charge in [0.2, 0.25) is 0 Å². The highest BCUT2D eigenvalue weighted by Gasteiger charge is 2.39. The second kappa shape index (κ2) is 5.73. The number of hydrogen-bond donors (Lipinski definition) is 1. The number of aromatic nitrogens is 1. The molecule has 1 spiro atoms. The lowest BCUT2D eigenvalue weighted by atomic mass is 9.80. The molecule has 2 fully saturated rings. The van der Waals surface area contributed by atoms with Crippen LogP contribution in [0.25, 0.3) is 0 Å². The van der Waals surface area contributed by atoms with Gasteiger partial charge < -0.3 is 15.4 Å². The standard InChI is InChI=1S/C13H18ClN3O.ClH/c14-10-8-16-12(15)7-11(10)17-4-1-13(9-17)2-5-18-6-3-13;/h7-8H,1-6,9H2,(H2,15,16);1H. The van der Waals surface area contributed by atoms with Gasteiger partial charge in [-0.15, -0.1) is 12.4 Å². The zero-order valence-electron chi connectivity index (χ0n) is 10.8. The zero-order valence-corrected chi connectivity index (χ0v) is 12.3. The summed E-state index contributed by atoms with van der Waals surface area (Å²) in [5, 5.41) is 0.688. The minimum atomic E-state index is 0. The second-order valence-corrected chi connectivity index (χ2v) is 5.75. The van der Waals surface area contributed by atoms with E-state index in [1.54, 1.807) is 6.20 Å². The highest BCUT2D eigenvalue weighted by atomic mass is 35.5. The van der Waals surface area contributed by atoms with Gasteiger partial charge in [-0.25, -0.2) is 4.98 Å². The Hall–Kier alpha value is -0.710. The number of halogens is 2. The Morgan fingerprint density at radius 2 is 2.05 bits per heavy atom. The van der Waals surface area contributed by atoms with Crippen molar-refractivity contribution in [3.05, 3.63) is 17.3 Å². The molecule has 0 aromatic carbocycles. The van der Waals surface area contributed by atoms with Crippen LogP contribution in [0.1, 0.15) is 19.3 Å². The van der Waals surface area contributed by atoms with Gasteiger partial charge in [-0.3, -0.25) is 0 Å². The third-order valence-electron chi connectivity index (χ3n) is 4.19. The first-order valence-electron chi connectivity index (χ1n) is 6.42. The van der Waals surface area contributed by atoms with Crippen molar-refractivity contribution in [1.82, 2.24) is 4.98 Å². The molecule has 0 atom stereocenters. The number of rotatable bonds is 1. The lowest BCUT2D eigenvalue weighted by Crippen LogP contribution is -2.33. The van der Waals surface area contributed by atoms with Crippen molar-refractivity contribution in [1.29, 1.82) is 0 Å². The van der Waals surface area contributed by atoms with E-state index in [0.717, 1.165) is 44.8 Å². The Balaban J connectivity index is 0.00000133. The molecule has 0 bridgehead atoms. The van der Waals surface area contributed by atoms with E-state index in [4.69, 9.17) is 22.1 Å². The third kappa shape index (κ3) is 2.91. The van der Waals surface area contributed by atoms with Crippen LogP contribution in [0, 0.1) is 5.41 Å². The molecule has 4 nitrogen and oxygen atoms in total. The van der Waals surface area contributed by atoms with Gasteiger partial charge in [-0.2, -0.15) is 0 Å². The van der Waals surface area contributed by atoms with Crippen LogP contribution in [0.15, 0.2) is 12.3 Å². The summed E-state index contributed by atoms with van der Waals surface area (Å²) in [6.07, 6.45) is 5.17. The van der Waals surface area contributed by atoms with E-state index < -0.39 is 0 Å². The largest absolute Gasteiger partial charge is 0.384 e. The molecule has 1 aromatic rings.